The van der Waals surface area contributed by atoms with Gasteiger partial charge in [0, 0.05) is 6.04 Å². The van der Waals surface area contributed by atoms with Gasteiger partial charge < -0.3 is 10.4 Å². The van der Waals surface area contributed by atoms with Gasteiger partial charge in [-0.15, -0.1) is 0 Å². The highest BCUT2D eigenvalue weighted by Crippen LogP contribution is 2.26. The largest absolute Gasteiger partial charge is 0.481 e. The third-order valence-corrected chi connectivity index (χ3v) is 4.27. The first-order valence-electron chi connectivity index (χ1n) is 6.43. The third kappa shape index (κ3) is 3.64. The first-order valence-corrected chi connectivity index (χ1v) is 7.19. The molecule has 0 radical (unpaired) electrons. The predicted octanol–water partition coefficient (Wildman–Crippen LogP) is 2.91. The predicted molar refractivity (Wildman–Crippen MR) is 77.1 cm³/mol. The molecule has 4 nitrogen and oxygen atoms in total. The molecule has 2 atom stereocenters. The van der Waals surface area contributed by atoms with Crippen LogP contribution in [-0.4, -0.2) is 23.0 Å². The highest BCUT2D eigenvalue weighted by molar-refractivity contribution is 6.42. The standard InChI is InChI=1S/C14H15Cl2NO3/c15-10-5-4-8(6-11(10)16)7-13(18)17-12-3-1-2-9(12)14(19)20/h4-6,9,12H,1-3,7H2,(H,17,18)(H,19,20). The normalized spacial score (nSPS) is 21.7. The molecule has 0 aromatic heterocycles. The van der Waals surface area contributed by atoms with E-state index in [1.807, 2.05) is 0 Å². The van der Waals surface area contributed by atoms with Crippen molar-refractivity contribution in [2.45, 2.75) is 31.7 Å². The van der Waals surface area contributed by atoms with E-state index in [4.69, 9.17) is 28.3 Å². The number of amides is 1. The molecule has 6 heteroatoms. The number of carbonyl (C=O) groups excluding carboxylic acids is 1. The lowest BCUT2D eigenvalue weighted by Crippen LogP contribution is -2.40. The lowest BCUT2D eigenvalue weighted by Gasteiger charge is -2.17. The molecule has 1 saturated carbocycles. The minimum absolute atomic E-state index is 0.166. The van der Waals surface area contributed by atoms with E-state index < -0.39 is 11.9 Å². The van der Waals surface area contributed by atoms with Gasteiger partial charge in [-0.3, -0.25) is 9.59 Å². The lowest BCUT2D eigenvalue weighted by molar-refractivity contribution is -0.142. The average Bonchev–Trinajstić information content (AvgIpc) is 2.82. The summed E-state index contributed by atoms with van der Waals surface area (Å²) in [4.78, 5) is 23.0. The average molecular weight is 316 g/mol. The topological polar surface area (TPSA) is 66.4 Å². The Morgan fingerprint density at radius 3 is 2.65 bits per heavy atom. The quantitative estimate of drug-likeness (QED) is 0.897. The van der Waals surface area contributed by atoms with Crippen LogP contribution in [-0.2, 0) is 16.0 Å². The summed E-state index contributed by atoms with van der Waals surface area (Å²) >= 11 is 11.7. The zero-order valence-electron chi connectivity index (χ0n) is 10.7. The Balaban J connectivity index is 1.95. The number of benzene rings is 1. The maximum absolute atomic E-state index is 12.0. The Labute approximate surface area is 127 Å². The van der Waals surface area contributed by atoms with Crippen LogP contribution in [0.15, 0.2) is 18.2 Å². The Morgan fingerprint density at radius 1 is 1.25 bits per heavy atom. The van der Waals surface area contributed by atoms with Crippen molar-refractivity contribution >= 4 is 35.1 Å². The highest BCUT2D eigenvalue weighted by Gasteiger charge is 2.33. The number of rotatable bonds is 4. The SMILES string of the molecule is O=C(Cc1ccc(Cl)c(Cl)c1)NC1CCCC1C(=O)O. The summed E-state index contributed by atoms with van der Waals surface area (Å²) in [5.41, 5.74) is 0.752. The summed E-state index contributed by atoms with van der Waals surface area (Å²) in [7, 11) is 0. The van der Waals surface area contributed by atoms with E-state index in [1.165, 1.54) is 0 Å². The summed E-state index contributed by atoms with van der Waals surface area (Å²) in [5.74, 6) is -1.52. The molecule has 1 aliphatic carbocycles. The Morgan fingerprint density at radius 2 is 2.00 bits per heavy atom. The summed E-state index contributed by atoms with van der Waals surface area (Å²) in [6.07, 6.45) is 2.32. The Kier molecular flexibility index (Phi) is 4.89. The second-order valence-corrected chi connectivity index (χ2v) is 5.79. The monoisotopic (exact) mass is 315 g/mol. The second-order valence-electron chi connectivity index (χ2n) is 4.97. The molecule has 0 saturated heterocycles. The molecule has 0 spiro atoms. The highest BCUT2D eigenvalue weighted by atomic mass is 35.5. The minimum atomic E-state index is -0.845. The molecule has 2 N–H and O–H groups in total. The van der Waals surface area contributed by atoms with Gasteiger partial charge in [0.25, 0.3) is 0 Å². The van der Waals surface area contributed by atoms with E-state index in [2.05, 4.69) is 5.32 Å². The molecule has 108 valence electrons. The molecule has 20 heavy (non-hydrogen) atoms. The zero-order valence-corrected chi connectivity index (χ0v) is 12.2. The summed E-state index contributed by atoms with van der Waals surface area (Å²) in [6.45, 7) is 0. The fraction of sp³-hybridized carbons (Fsp3) is 0.429. The fourth-order valence-electron chi connectivity index (χ4n) is 2.52. The molecule has 1 fully saturated rings. The van der Waals surface area contributed by atoms with Crippen molar-refractivity contribution in [2.75, 3.05) is 0 Å². The molecular weight excluding hydrogens is 301 g/mol. The van der Waals surface area contributed by atoms with Crippen LogP contribution in [0.2, 0.25) is 10.0 Å². The molecule has 0 aliphatic heterocycles. The van der Waals surface area contributed by atoms with Gasteiger partial charge in [0.15, 0.2) is 0 Å². The molecule has 1 amide bonds. The van der Waals surface area contributed by atoms with Gasteiger partial charge in [-0.2, -0.15) is 0 Å². The van der Waals surface area contributed by atoms with E-state index in [-0.39, 0.29) is 18.4 Å². The maximum Gasteiger partial charge on any atom is 0.308 e. The molecule has 1 aliphatic rings. The van der Waals surface area contributed by atoms with Crippen LogP contribution < -0.4 is 5.32 Å². The van der Waals surface area contributed by atoms with Crippen molar-refractivity contribution in [1.82, 2.24) is 5.32 Å². The minimum Gasteiger partial charge on any atom is -0.481 e. The maximum atomic E-state index is 12.0. The van der Waals surface area contributed by atoms with E-state index >= 15 is 0 Å². The number of hydrogen-bond acceptors (Lipinski definition) is 2. The Bertz CT molecular complexity index is 533. The van der Waals surface area contributed by atoms with Crippen molar-refractivity contribution in [3.05, 3.63) is 33.8 Å². The van der Waals surface area contributed by atoms with Crippen LogP contribution >= 0.6 is 23.2 Å². The summed E-state index contributed by atoms with van der Waals surface area (Å²) < 4.78 is 0. The molecule has 0 heterocycles. The van der Waals surface area contributed by atoms with Gasteiger partial charge in [-0.05, 0) is 30.5 Å². The summed E-state index contributed by atoms with van der Waals surface area (Å²) in [5, 5.41) is 12.7. The van der Waals surface area contributed by atoms with E-state index in [1.54, 1.807) is 18.2 Å². The molecule has 1 aromatic rings. The third-order valence-electron chi connectivity index (χ3n) is 3.53. The fourth-order valence-corrected chi connectivity index (χ4v) is 2.84. The smallest absolute Gasteiger partial charge is 0.308 e. The molecule has 0 bridgehead atoms. The van der Waals surface area contributed by atoms with Crippen LogP contribution in [0.1, 0.15) is 24.8 Å². The van der Waals surface area contributed by atoms with Gasteiger partial charge >= 0.3 is 5.97 Å². The summed E-state index contributed by atoms with van der Waals surface area (Å²) in [6, 6.07) is 4.74. The molecular formula is C14H15Cl2NO3. The van der Waals surface area contributed by atoms with E-state index in [0.29, 0.717) is 22.9 Å². The number of nitrogens with one attached hydrogen (secondary N) is 1. The number of carbonyl (C=O) groups is 2. The van der Waals surface area contributed by atoms with Crippen molar-refractivity contribution in [3.8, 4) is 0 Å². The number of carboxylic acid groups (broad SMARTS) is 1. The Hall–Kier alpha value is -1.26. The number of aliphatic carboxylic acids is 1. The number of halogens is 2. The van der Waals surface area contributed by atoms with Crippen LogP contribution in [0.3, 0.4) is 0 Å². The second kappa shape index (κ2) is 6.46. The van der Waals surface area contributed by atoms with Crippen LogP contribution in [0, 0.1) is 5.92 Å². The van der Waals surface area contributed by atoms with Crippen molar-refractivity contribution in [1.29, 1.82) is 0 Å². The number of hydrogen-bond donors (Lipinski definition) is 2. The van der Waals surface area contributed by atoms with Crippen LogP contribution in [0.25, 0.3) is 0 Å². The lowest BCUT2D eigenvalue weighted by atomic mass is 10.0. The van der Waals surface area contributed by atoms with Crippen LogP contribution in [0.4, 0.5) is 0 Å². The van der Waals surface area contributed by atoms with Crippen molar-refractivity contribution in [3.63, 3.8) is 0 Å². The first-order chi connectivity index (χ1) is 9.47. The van der Waals surface area contributed by atoms with Gasteiger partial charge in [0.2, 0.25) is 5.91 Å². The molecule has 2 rings (SSSR count). The van der Waals surface area contributed by atoms with E-state index in [0.717, 1.165) is 12.0 Å². The van der Waals surface area contributed by atoms with Crippen molar-refractivity contribution < 1.29 is 14.7 Å². The van der Waals surface area contributed by atoms with Gasteiger partial charge in [0.1, 0.15) is 0 Å². The van der Waals surface area contributed by atoms with Gasteiger partial charge in [-0.25, -0.2) is 0 Å². The van der Waals surface area contributed by atoms with Gasteiger partial charge in [0.05, 0.1) is 22.4 Å². The van der Waals surface area contributed by atoms with Crippen molar-refractivity contribution in [2.24, 2.45) is 5.92 Å². The molecule has 1 aromatic carbocycles. The van der Waals surface area contributed by atoms with Crippen LogP contribution in [0.5, 0.6) is 0 Å². The van der Waals surface area contributed by atoms with E-state index in [9.17, 15) is 9.59 Å². The zero-order chi connectivity index (χ0) is 14.7. The first kappa shape index (κ1) is 15.1. The number of carboxylic acids is 1. The molecule has 2 unspecified atom stereocenters. The van der Waals surface area contributed by atoms with Gasteiger partial charge in [-0.1, -0.05) is 35.7 Å².